The highest BCUT2D eigenvalue weighted by Gasteiger charge is 2.22. The number of nitrogens with zero attached hydrogens (tertiary/aromatic N) is 1. The summed E-state index contributed by atoms with van der Waals surface area (Å²) in [5.74, 6) is 0.566. The van der Waals surface area contributed by atoms with Crippen molar-refractivity contribution in [1.29, 1.82) is 0 Å². The lowest BCUT2D eigenvalue weighted by atomic mass is 10.1. The quantitative estimate of drug-likeness (QED) is 0.843. The third-order valence-corrected chi connectivity index (χ3v) is 3.17. The van der Waals surface area contributed by atoms with E-state index in [0.29, 0.717) is 43.3 Å². The van der Waals surface area contributed by atoms with Crippen molar-refractivity contribution in [2.45, 2.75) is 0 Å². The molecule has 21 heavy (non-hydrogen) atoms. The van der Waals surface area contributed by atoms with E-state index in [1.165, 1.54) is 14.2 Å². The van der Waals surface area contributed by atoms with E-state index in [9.17, 15) is 9.59 Å². The number of amides is 2. The van der Waals surface area contributed by atoms with Crippen molar-refractivity contribution in [3.63, 3.8) is 0 Å². The van der Waals surface area contributed by atoms with E-state index in [1.54, 1.807) is 23.1 Å². The molecule has 0 saturated carbocycles. The second-order valence-corrected chi connectivity index (χ2v) is 4.39. The molecule has 1 heterocycles. The Kier molecular flexibility index (Phi) is 4.86. The molecule has 114 valence electrons. The molecule has 0 spiro atoms. The van der Waals surface area contributed by atoms with Crippen LogP contribution in [0.15, 0.2) is 18.2 Å². The Morgan fingerprint density at radius 1 is 1.33 bits per heavy atom. The number of ether oxygens (including phenoxy) is 3. The van der Waals surface area contributed by atoms with Crippen molar-refractivity contribution in [3.8, 4) is 11.5 Å². The molecule has 0 unspecified atom stereocenters. The fourth-order valence-corrected chi connectivity index (χ4v) is 2.10. The number of cyclic esters (lactones) is 1. The molecule has 7 heteroatoms. The fraction of sp³-hybridized carbons (Fsp3) is 0.429. The van der Waals surface area contributed by atoms with Crippen LogP contribution in [0.5, 0.6) is 11.5 Å². The topological polar surface area (TPSA) is 77.1 Å². The fourth-order valence-electron chi connectivity index (χ4n) is 2.10. The second-order valence-electron chi connectivity index (χ2n) is 4.39. The molecule has 2 amide bonds. The van der Waals surface area contributed by atoms with E-state index >= 15 is 0 Å². The van der Waals surface area contributed by atoms with Crippen LogP contribution in [0.2, 0.25) is 0 Å². The zero-order valence-corrected chi connectivity index (χ0v) is 12.0. The van der Waals surface area contributed by atoms with Gasteiger partial charge in [0.25, 0.3) is 5.91 Å². The Morgan fingerprint density at radius 2 is 2.00 bits per heavy atom. The molecule has 2 rings (SSSR count). The maximum Gasteiger partial charge on any atom is 0.409 e. The Bertz CT molecular complexity index is 510. The van der Waals surface area contributed by atoms with Crippen molar-refractivity contribution < 1.29 is 23.8 Å². The Labute approximate surface area is 122 Å². The second kappa shape index (κ2) is 6.83. The van der Waals surface area contributed by atoms with Crippen LogP contribution in [0.1, 0.15) is 10.4 Å². The highest BCUT2D eigenvalue weighted by atomic mass is 16.6. The molecule has 1 N–H and O–H groups in total. The summed E-state index contributed by atoms with van der Waals surface area (Å²) in [7, 11) is 2.98. The summed E-state index contributed by atoms with van der Waals surface area (Å²) < 4.78 is 15.2. The average Bonchev–Trinajstić information content (AvgIpc) is 2.91. The minimum Gasteiger partial charge on any atom is -0.496 e. The van der Waals surface area contributed by atoms with E-state index in [1.807, 2.05) is 0 Å². The molecule has 0 aromatic heterocycles. The molecule has 1 aliphatic rings. The first kappa shape index (κ1) is 15.0. The van der Waals surface area contributed by atoms with Crippen LogP contribution in [0, 0.1) is 0 Å². The molecule has 7 nitrogen and oxygen atoms in total. The highest BCUT2D eigenvalue weighted by molar-refractivity contribution is 5.99. The van der Waals surface area contributed by atoms with Gasteiger partial charge in [-0.15, -0.1) is 0 Å². The van der Waals surface area contributed by atoms with Crippen LogP contribution in [-0.2, 0) is 4.74 Å². The SMILES string of the molecule is COc1cccc(OC)c1C(=O)NCCN1CCOC1=O. The van der Waals surface area contributed by atoms with E-state index in [2.05, 4.69) is 5.32 Å². The minimum absolute atomic E-state index is 0.308. The lowest BCUT2D eigenvalue weighted by Crippen LogP contribution is -2.35. The van der Waals surface area contributed by atoms with Crippen molar-refractivity contribution in [1.82, 2.24) is 10.2 Å². The highest BCUT2D eigenvalue weighted by Crippen LogP contribution is 2.27. The number of carbonyl (C=O) groups excluding carboxylic acids is 2. The lowest BCUT2D eigenvalue weighted by molar-refractivity contribution is 0.0942. The minimum atomic E-state index is -0.348. The van der Waals surface area contributed by atoms with Gasteiger partial charge in [-0.3, -0.25) is 4.79 Å². The van der Waals surface area contributed by atoms with Crippen LogP contribution in [0.4, 0.5) is 4.79 Å². The summed E-state index contributed by atoms with van der Waals surface area (Å²) in [6.45, 7) is 1.68. The molecule has 1 saturated heterocycles. The number of hydrogen-bond acceptors (Lipinski definition) is 5. The molecule has 1 aromatic carbocycles. The molecule has 0 aliphatic carbocycles. The zero-order valence-electron chi connectivity index (χ0n) is 12.0. The lowest BCUT2D eigenvalue weighted by Gasteiger charge is -2.15. The number of hydrogen-bond donors (Lipinski definition) is 1. The summed E-state index contributed by atoms with van der Waals surface area (Å²) >= 11 is 0. The van der Waals surface area contributed by atoms with Gasteiger partial charge in [0.1, 0.15) is 23.7 Å². The molecule has 0 radical (unpaired) electrons. The van der Waals surface area contributed by atoms with Crippen LogP contribution in [-0.4, -0.2) is 57.4 Å². The third-order valence-electron chi connectivity index (χ3n) is 3.17. The monoisotopic (exact) mass is 294 g/mol. The van der Waals surface area contributed by atoms with Crippen LogP contribution < -0.4 is 14.8 Å². The Morgan fingerprint density at radius 3 is 2.52 bits per heavy atom. The van der Waals surface area contributed by atoms with Gasteiger partial charge in [0.05, 0.1) is 20.8 Å². The maximum absolute atomic E-state index is 12.3. The van der Waals surface area contributed by atoms with Gasteiger partial charge in [-0.1, -0.05) is 6.07 Å². The van der Waals surface area contributed by atoms with Gasteiger partial charge < -0.3 is 24.4 Å². The van der Waals surface area contributed by atoms with E-state index in [0.717, 1.165) is 0 Å². The molecule has 1 fully saturated rings. The molecule has 0 atom stereocenters. The molecule has 1 aromatic rings. The molecule has 1 aliphatic heterocycles. The first-order valence-electron chi connectivity index (χ1n) is 6.58. The van der Waals surface area contributed by atoms with Gasteiger partial charge in [0.15, 0.2) is 0 Å². The van der Waals surface area contributed by atoms with E-state index in [-0.39, 0.29) is 12.0 Å². The van der Waals surface area contributed by atoms with Crippen molar-refractivity contribution in [2.75, 3.05) is 40.5 Å². The first-order valence-corrected chi connectivity index (χ1v) is 6.58. The van der Waals surface area contributed by atoms with Gasteiger partial charge in [-0.25, -0.2) is 4.79 Å². The van der Waals surface area contributed by atoms with Gasteiger partial charge in [0, 0.05) is 13.1 Å². The summed E-state index contributed by atoms with van der Waals surface area (Å²) in [5, 5.41) is 2.75. The smallest absolute Gasteiger partial charge is 0.409 e. The van der Waals surface area contributed by atoms with Gasteiger partial charge in [0.2, 0.25) is 0 Å². The van der Waals surface area contributed by atoms with Gasteiger partial charge >= 0.3 is 6.09 Å². The largest absolute Gasteiger partial charge is 0.496 e. The standard InChI is InChI=1S/C14H18N2O5/c1-19-10-4-3-5-11(20-2)12(10)13(17)15-6-7-16-8-9-21-14(16)18/h3-5H,6-9H2,1-2H3,(H,15,17). The zero-order chi connectivity index (χ0) is 15.2. The van der Waals surface area contributed by atoms with Crippen molar-refractivity contribution in [2.24, 2.45) is 0 Å². The van der Waals surface area contributed by atoms with Crippen LogP contribution in [0.3, 0.4) is 0 Å². The number of nitrogens with one attached hydrogen (secondary N) is 1. The van der Waals surface area contributed by atoms with Crippen LogP contribution in [0.25, 0.3) is 0 Å². The average molecular weight is 294 g/mol. The Balaban J connectivity index is 1.98. The molecular weight excluding hydrogens is 276 g/mol. The summed E-state index contributed by atoms with van der Waals surface area (Å²) in [6, 6.07) is 5.12. The van der Waals surface area contributed by atoms with Crippen molar-refractivity contribution >= 4 is 12.0 Å². The van der Waals surface area contributed by atoms with E-state index < -0.39 is 0 Å². The number of rotatable bonds is 6. The van der Waals surface area contributed by atoms with Crippen molar-refractivity contribution in [3.05, 3.63) is 23.8 Å². The predicted octanol–water partition coefficient (Wildman–Crippen LogP) is 0.886. The number of benzene rings is 1. The predicted molar refractivity (Wildman–Crippen MR) is 74.8 cm³/mol. The van der Waals surface area contributed by atoms with E-state index in [4.69, 9.17) is 14.2 Å². The maximum atomic E-state index is 12.3. The molecular formula is C14H18N2O5. The normalized spacial score (nSPS) is 13.8. The number of carbonyl (C=O) groups is 2. The van der Waals surface area contributed by atoms with Gasteiger partial charge in [-0.2, -0.15) is 0 Å². The van der Waals surface area contributed by atoms with Crippen LogP contribution >= 0.6 is 0 Å². The Hall–Kier alpha value is -2.44. The third kappa shape index (κ3) is 3.36. The summed E-state index contributed by atoms with van der Waals surface area (Å²) in [4.78, 5) is 25.1. The first-order chi connectivity index (χ1) is 10.2. The number of methoxy groups -OCH3 is 2. The summed E-state index contributed by atoms with van der Waals surface area (Å²) in [6.07, 6.45) is -0.348. The summed E-state index contributed by atoms with van der Waals surface area (Å²) in [5.41, 5.74) is 0.339. The molecule has 0 bridgehead atoms. The van der Waals surface area contributed by atoms with Gasteiger partial charge in [-0.05, 0) is 12.1 Å².